The highest BCUT2D eigenvalue weighted by atomic mass is 16.5. The molecule has 1 atom stereocenters. The number of hydrogen-bond acceptors (Lipinski definition) is 3. The van der Waals surface area contributed by atoms with Crippen LogP contribution in [0.3, 0.4) is 0 Å². The number of carbonyl (C=O) groups is 1. The first-order valence-corrected chi connectivity index (χ1v) is 9.71. The zero-order chi connectivity index (χ0) is 18.8. The van der Waals surface area contributed by atoms with Gasteiger partial charge in [-0.25, -0.2) is 0 Å². The third kappa shape index (κ3) is 5.62. The minimum Gasteiger partial charge on any atom is -0.504 e. The number of hydrogen-bond donors (Lipinski definition) is 1. The molecule has 1 N–H and O–H groups in total. The lowest BCUT2D eigenvalue weighted by atomic mass is 9.94. The van der Waals surface area contributed by atoms with Crippen LogP contribution in [-0.2, 0) is 0 Å². The van der Waals surface area contributed by atoms with Crippen molar-refractivity contribution in [2.24, 2.45) is 5.92 Å². The molecule has 0 radical (unpaired) electrons. The quantitative estimate of drug-likeness (QED) is 0.398. The van der Waals surface area contributed by atoms with E-state index in [0.717, 1.165) is 18.8 Å². The zero-order valence-electron chi connectivity index (χ0n) is 15.9. The maximum absolute atomic E-state index is 12.6. The highest BCUT2D eigenvalue weighted by Crippen LogP contribution is 2.31. The van der Waals surface area contributed by atoms with Crippen LogP contribution in [0.15, 0.2) is 48.5 Å². The van der Waals surface area contributed by atoms with Gasteiger partial charge >= 0.3 is 0 Å². The Morgan fingerprint density at radius 2 is 1.73 bits per heavy atom. The highest BCUT2D eigenvalue weighted by molar-refractivity contribution is 6.11. The van der Waals surface area contributed by atoms with Crippen molar-refractivity contribution in [1.29, 1.82) is 0 Å². The van der Waals surface area contributed by atoms with Crippen molar-refractivity contribution in [2.75, 3.05) is 6.61 Å². The number of ketones is 1. The van der Waals surface area contributed by atoms with E-state index in [-0.39, 0.29) is 17.1 Å². The van der Waals surface area contributed by atoms with E-state index in [1.807, 2.05) is 18.2 Å². The first-order valence-electron chi connectivity index (χ1n) is 9.71. The molecule has 0 bridgehead atoms. The molecule has 0 aliphatic carbocycles. The molecule has 0 heterocycles. The number of phenolic OH excluding ortho intramolecular Hbond substituents is 1. The molecule has 0 aliphatic heterocycles. The van der Waals surface area contributed by atoms with E-state index in [0.29, 0.717) is 17.9 Å². The zero-order valence-corrected chi connectivity index (χ0v) is 15.9. The molecular formula is C23H30O3. The van der Waals surface area contributed by atoms with Gasteiger partial charge in [-0.1, -0.05) is 75.9 Å². The van der Waals surface area contributed by atoms with Crippen LogP contribution >= 0.6 is 0 Å². The topological polar surface area (TPSA) is 46.5 Å². The maximum atomic E-state index is 12.6. The fourth-order valence-corrected chi connectivity index (χ4v) is 3.17. The Bertz CT molecular complexity index is 679. The summed E-state index contributed by atoms with van der Waals surface area (Å²) in [6.45, 7) is 5.02. The average molecular weight is 354 g/mol. The number of ether oxygens (including phenoxy) is 1. The fraction of sp³-hybridized carbons (Fsp3) is 0.435. The highest BCUT2D eigenvalue weighted by Gasteiger charge is 2.16. The summed E-state index contributed by atoms with van der Waals surface area (Å²) in [4.78, 5) is 12.6. The molecule has 140 valence electrons. The lowest BCUT2D eigenvalue weighted by Crippen LogP contribution is -2.06. The van der Waals surface area contributed by atoms with Crippen molar-refractivity contribution in [1.82, 2.24) is 0 Å². The molecule has 2 rings (SSSR count). The van der Waals surface area contributed by atoms with E-state index in [4.69, 9.17) is 4.74 Å². The van der Waals surface area contributed by atoms with Crippen LogP contribution in [-0.4, -0.2) is 17.5 Å². The Morgan fingerprint density at radius 3 is 2.42 bits per heavy atom. The van der Waals surface area contributed by atoms with Crippen LogP contribution in [0.1, 0.15) is 68.3 Å². The number of aromatic hydroxyl groups is 1. The van der Waals surface area contributed by atoms with E-state index in [1.54, 1.807) is 30.3 Å². The van der Waals surface area contributed by atoms with E-state index in [9.17, 15) is 9.90 Å². The summed E-state index contributed by atoms with van der Waals surface area (Å²) >= 11 is 0. The summed E-state index contributed by atoms with van der Waals surface area (Å²) in [6.07, 6.45) is 7.09. The summed E-state index contributed by atoms with van der Waals surface area (Å²) in [5, 5.41) is 10.4. The molecule has 26 heavy (non-hydrogen) atoms. The number of benzene rings is 2. The smallest absolute Gasteiger partial charge is 0.196 e. The molecule has 1 unspecified atom stereocenters. The third-order valence-electron chi connectivity index (χ3n) is 4.84. The van der Waals surface area contributed by atoms with Crippen LogP contribution in [0.5, 0.6) is 11.5 Å². The normalized spacial score (nSPS) is 11.9. The summed E-state index contributed by atoms with van der Waals surface area (Å²) < 4.78 is 5.76. The van der Waals surface area contributed by atoms with Crippen LogP contribution in [0.4, 0.5) is 0 Å². The predicted octanol–water partition coefficient (Wildman–Crippen LogP) is 6.00. The van der Waals surface area contributed by atoms with Gasteiger partial charge in [0, 0.05) is 5.56 Å². The lowest BCUT2D eigenvalue weighted by Gasteiger charge is -2.15. The Labute approximate surface area is 157 Å². The van der Waals surface area contributed by atoms with Gasteiger partial charge < -0.3 is 9.84 Å². The van der Waals surface area contributed by atoms with E-state index in [2.05, 4.69) is 13.8 Å². The second kappa shape index (κ2) is 10.6. The first-order chi connectivity index (χ1) is 12.7. The molecule has 2 aromatic carbocycles. The Hall–Kier alpha value is -2.29. The van der Waals surface area contributed by atoms with Crippen molar-refractivity contribution in [3.05, 3.63) is 59.7 Å². The Kier molecular flexibility index (Phi) is 8.20. The van der Waals surface area contributed by atoms with Crippen molar-refractivity contribution < 1.29 is 14.6 Å². The minimum absolute atomic E-state index is 0.0700. The van der Waals surface area contributed by atoms with Gasteiger partial charge in [0.05, 0.1) is 12.2 Å². The number of rotatable bonds is 11. The summed E-state index contributed by atoms with van der Waals surface area (Å²) in [7, 11) is 0. The summed E-state index contributed by atoms with van der Waals surface area (Å²) in [5.74, 6) is 0.866. The van der Waals surface area contributed by atoms with Gasteiger partial charge in [-0.15, -0.1) is 0 Å². The molecule has 0 fully saturated rings. The molecule has 0 aromatic heterocycles. The van der Waals surface area contributed by atoms with Crippen molar-refractivity contribution in [2.45, 2.75) is 52.4 Å². The molecule has 0 saturated carbocycles. The molecule has 2 aromatic rings. The second-order valence-corrected chi connectivity index (χ2v) is 6.75. The molecule has 0 aliphatic rings. The fourth-order valence-electron chi connectivity index (χ4n) is 3.17. The van der Waals surface area contributed by atoms with Crippen LogP contribution < -0.4 is 4.74 Å². The standard InChI is InChI=1S/C23H30O3/c1-3-5-11-18(4-2)12-10-17-26-21-16-9-15-20(23(21)25)22(24)19-13-7-6-8-14-19/h6-9,13-16,18,25H,3-5,10-12,17H2,1-2H3. The molecule has 3 nitrogen and oxygen atoms in total. The number of para-hydroxylation sites is 1. The van der Waals surface area contributed by atoms with Gasteiger partial charge in [-0.2, -0.15) is 0 Å². The predicted molar refractivity (Wildman–Crippen MR) is 106 cm³/mol. The largest absolute Gasteiger partial charge is 0.504 e. The van der Waals surface area contributed by atoms with Crippen LogP contribution in [0.2, 0.25) is 0 Å². The maximum Gasteiger partial charge on any atom is 0.196 e. The number of unbranched alkanes of at least 4 members (excludes halogenated alkanes) is 1. The molecule has 3 heteroatoms. The van der Waals surface area contributed by atoms with Gasteiger partial charge in [0.15, 0.2) is 17.3 Å². The van der Waals surface area contributed by atoms with Gasteiger partial charge in [0.25, 0.3) is 0 Å². The van der Waals surface area contributed by atoms with Crippen molar-refractivity contribution >= 4 is 5.78 Å². The van der Waals surface area contributed by atoms with E-state index in [1.165, 1.54) is 25.7 Å². The monoisotopic (exact) mass is 354 g/mol. The molecule has 0 amide bonds. The number of phenols is 1. The van der Waals surface area contributed by atoms with Gasteiger partial charge in [-0.05, 0) is 30.9 Å². The molecular weight excluding hydrogens is 324 g/mol. The second-order valence-electron chi connectivity index (χ2n) is 6.75. The Balaban J connectivity index is 1.94. The Morgan fingerprint density at radius 1 is 1.00 bits per heavy atom. The molecule has 0 spiro atoms. The van der Waals surface area contributed by atoms with Crippen molar-refractivity contribution in [3.63, 3.8) is 0 Å². The SMILES string of the molecule is CCCCC(CC)CCCOc1cccc(C(=O)c2ccccc2)c1O. The van der Waals surface area contributed by atoms with Gasteiger partial charge in [0.2, 0.25) is 0 Å². The van der Waals surface area contributed by atoms with E-state index < -0.39 is 0 Å². The third-order valence-corrected chi connectivity index (χ3v) is 4.84. The van der Waals surface area contributed by atoms with Crippen LogP contribution in [0.25, 0.3) is 0 Å². The van der Waals surface area contributed by atoms with Crippen LogP contribution in [0, 0.1) is 5.92 Å². The molecule has 0 saturated heterocycles. The first kappa shape index (κ1) is 20.0. The van der Waals surface area contributed by atoms with E-state index >= 15 is 0 Å². The van der Waals surface area contributed by atoms with Gasteiger partial charge in [0.1, 0.15) is 0 Å². The minimum atomic E-state index is -0.195. The van der Waals surface area contributed by atoms with Gasteiger partial charge in [-0.3, -0.25) is 4.79 Å². The average Bonchev–Trinajstić information content (AvgIpc) is 2.68. The summed E-state index contributed by atoms with van der Waals surface area (Å²) in [5.41, 5.74) is 0.838. The number of carbonyl (C=O) groups excluding carboxylic acids is 1. The van der Waals surface area contributed by atoms with Crippen molar-refractivity contribution in [3.8, 4) is 11.5 Å². The lowest BCUT2D eigenvalue weighted by molar-refractivity contribution is 0.103. The summed E-state index contributed by atoms with van der Waals surface area (Å²) in [6, 6.07) is 14.1.